The van der Waals surface area contributed by atoms with Gasteiger partial charge in [0.2, 0.25) is 0 Å². The Bertz CT molecular complexity index is 450. The number of aryl methyl sites for hydroxylation is 1. The van der Waals surface area contributed by atoms with Crippen molar-refractivity contribution in [3.05, 3.63) is 29.7 Å². The first-order chi connectivity index (χ1) is 7.75. The molecular weight excluding hydrogens is 204 g/mol. The van der Waals surface area contributed by atoms with Crippen LogP contribution in [0.3, 0.4) is 0 Å². The number of carbonyl (C=O) groups excluding carboxylic acids is 1. The van der Waals surface area contributed by atoms with E-state index in [9.17, 15) is 4.79 Å². The highest BCUT2D eigenvalue weighted by Crippen LogP contribution is 2.32. The average molecular weight is 218 g/mol. The van der Waals surface area contributed by atoms with Gasteiger partial charge in [0.25, 0.3) is 5.91 Å². The van der Waals surface area contributed by atoms with Crippen LogP contribution in [-0.2, 0) is 0 Å². The van der Waals surface area contributed by atoms with Crippen LogP contribution in [0.5, 0.6) is 0 Å². The van der Waals surface area contributed by atoms with Gasteiger partial charge in [0, 0.05) is 12.1 Å². The lowest BCUT2D eigenvalue weighted by atomic mass is 10.1. The van der Waals surface area contributed by atoms with Crippen molar-refractivity contribution in [1.29, 1.82) is 0 Å². The molecule has 1 amide bonds. The van der Waals surface area contributed by atoms with Gasteiger partial charge in [-0.2, -0.15) is 0 Å². The Morgan fingerprint density at radius 1 is 1.56 bits per heavy atom. The minimum absolute atomic E-state index is 0.00806. The number of amides is 1. The highest BCUT2D eigenvalue weighted by atomic mass is 16.5. The smallest absolute Gasteiger partial charge is 0.276 e. The molecule has 2 aliphatic heterocycles. The molecule has 84 valence electrons. The van der Waals surface area contributed by atoms with Crippen LogP contribution in [0.25, 0.3) is 0 Å². The van der Waals surface area contributed by atoms with Crippen molar-refractivity contribution in [2.45, 2.75) is 38.3 Å². The fourth-order valence-electron chi connectivity index (χ4n) is 2.64. The number of nitrogens with zero attached hydrogens (tertiary/aromatic N) is 2. The number of carbonyl (C=O) groups is 1. The number of fused-ring (bicyclic) bond motifs is 2. The third kappa shape index (κ3) is 1.37. The van der Waals surface area contributed by atoms with Crippen LogP contribution >= 0.6 is 0 Å². The summed E-state index contributed by atoms with van der Waals surface area (Å²) in [5.74, 6) is 0.692. The first kappa shape index (κ1) is 9.63. The highest BCUT2D eigenvalue weighted by Gasteiger charge is 2.38. The Hall–Kier alpha value is -1.58. The van der Waals surface area contributed by atoms with E-state index in [-0.39, 0.29) is 11.9 Å². The first-order valence-corrected chi connectivity index (χ1v) is 5.68. The summed E-state index contributed by atoms with van der Waals surface area (Å²) in [6.45, 7) is 1.80. The zero-order valence-electron chi connectivity index (χ0n) is 9.22. The van der Waals surface area contributed by atoms with Gasteiger partial charge in [-0.15, -0.1) is 0 Å². The third-order valence-electron chi connectivity index (χ3n) is 3.39. The quantitative estimate of drug-likeness (QED) is 0.676. The minimum atomic E-state index is 0.00806. The largest absolute Gasteiger partial charge is 0.361 e. The molecule has 0 aromatic carbocycles. The zero-order valence-corrected chi connectivity index (χ0v) is 9.22. The zero-order chi connectivity index (χ0) is 11.1. The molecule has 4 nitrogen and oxygen atoms in total. The van der Waals surface area contributed by atoms with Crippen molar-refractivity contribution in [2.75, 3.05) is 0 Å². The predicted octanol–water partition coefficient (Wildman–Crippen LogP) is 1.92. The fourth-order valence-corrected chi connectivity index (χ4v) is 2.64. The van der Waals surface area contributed by atoms with E-state index in [0.717, 1.165) is 19.3 Å². The second kappa shape index (κ2) is 3.47. The molecular formula is C12H14N2O2. The van der Waals surface area contributed by atoms with Gasteiger partial charge in [0.1, 0.15) is 5.76 Å². The predicted molar refractivity (Wildman–Crippen MR) is 58.0 cm³/mol. The summed E-state index contributed by atoms with van der Waals surface area (Å²) in [4.78, 5) is 14.2. The normalized spacial score (nSPS) is 27.4. The summed E-state index contributed by atoms with van der Waals surface area (Å²) in [6.07, 6.45) is 7.46. The molecule has 0 spiro atoms. The van der Waals surface area contributed by atoms with E-state index in [4.69, 9.17) is 4.52 Å². The Morgan fingerprint density at radius 2 is 2.44 bits per heavy atom. The van der Waals surface area contributed by atoms with Crippen LogP contribution in [0.2, 0.25) is 0 Å². The highest BCUT2D eigenvalue weighted by molar-refractivity contribution is 5.93. The van der Waals surface area contributed by atoms with Crippen molar-refractivity contribution in [1.82, 2.24) is 10.1 Å². The molecule has 0 N–H and O–H groups in total. The van der Waals surface area contributed by atoms with Crippen LogP contribution < -0.4 is 0 Å². The van der Waals surface area contributed by atoms with Gasteiger partial charge in [-0.25, -0.2) is 0 Å². The van der Waals surface area contributed by atoms with E-state index >= 15 is 0 Å². The first-order valence-electron chi connectivity index (χ1n) is 5.68. The fraction of sp³-hybridized carbons (Fsp3) is 0.500. The van der Waals surface area contributed by atoms with Crippen molar-refractivity contribution in [2.24, 2.45) is 0 Å². The van der Waals surface area contributed by atoms with Gasteiger partial charge in [0.05, 0.1) is 6.04 Å². The van der Waals surface area contributed by atoms with E-state index in [0.29, 0.717) is 17.5 Å². The molecule has 1 aromatic rings. The number of hydrogen-bond donors (Lipinski definition) is 0. The van der Waals surface area contributed by atoms with Gasteiger partial charge in [-0.1, -0.05) is 17.3 Å². The van der Waals surface area contributed by atoms with Crippen molar-refractivity contribution in [3.63, 3.8) is 0 Å². The van der Waals surface area contributed by atoms with Gasteiger partial charge in [-0.3, -0.25) is 4.79 Å². The second-order valence-electron chi connectivity index (χ2n) is 4.50. The molecule has 0 aliphatic carbocycles. The Kier molecular flexibility index (Phi) is 2.09. The number of rotatable bonds is 1. The van der Waals surface area contributed by atoms with Crippen LogP contribution in [-0.4, -0.2) is 28.0 Å². The summed E-state index contributed by atoms with van der Waals surface area (Å²) in [5, 5.41) is 3.80. The SMILES string of the molecule is Cc1cc(C(=O)N2[C@H]3CC=C[C@H]2CC3)no1. The molecule has 1 saturated heterocycles. The molecule has 2 aliphatic rings. The maximum absolute atomic E-state index is 12.2. The molecule has 4 heteroatoms. The lowest BCUT2D eigenvalue weighted by molar-refractivity contribution is 0.0678. The van der Waals surface area contributed by atoms with E-state index in [1.54, 1.807) is 13.0 Å². The summed E-state index contributed by atoms with van der Waals surface area (Å²) in [6, 6.07) is 2.34. The minimum Gasteiger partial charge on any atom is -0.361 e. The van der Waals surface area contributed by atoms with Crippen LogP contribution in [0, 0.1) is 6.92 Å². The van der Waals surface area contributed by atoms with E-state index in [2.05, 4.69) is 17.3 Å². The van der Waals surface area contributed by atoms with Crippen molar-refractivity contribution in [3.8, 4) is 0 Å². The van der Waals surface area contributed by atoms with Crippen molar-refractivity contribution >= 4 is 5.91 Å². The lowest BCUT2D eigenvalue weighted by Crippen LogP contribution is -2.42. The van der Waals surface area contributed by atoms with Crippen LogP contribution in [0.4, 0.5) is 0 Å². The maximum atomic E-state index is 12.2. The molecule has 0 radical (unpaired) electrons. The molecule has 1 aromatic heterocycles. The molecule has 3 heterocycles. The Morgan fingerprint density at radius 3 is 3.12 bits per heavy atom. The number of aromatic nitrogens is 1. The summed E-state index contributed by atoms with van der Waals surface area (Å²) in [5.41, 5.74) is 0.435. The van der Waals surface area contributed by atoms with Crippen LogP contribution in [0.15, 0.2) is 22.7 Å². The Labute approximate surface area is 93.9 Å². The summed E-state index contributed by atoms with van der Waals surface area (Å²) in [7, 11) is 0. The monoisotopic (exact) mass is 218 g/mol. The summed E-state index contributed by atoms with van der Waals surface area (Å²) < 4.78 is 4.95. The topological polar surface area (TPSA) is 46.3 Å². The third-order valence-corrected chi connectivity index (χ3v) is 3.39. The number of hydrogen-bond acceptors (Lipinski definition) is 3. The molecule has 0 saturated carbocycles. The summed E-state index contributed by atoms with van der Waals surface area (Å²) >= 11 is 0. The molecule has 16 heavy (non-hydrogen) atoms. The molecule has 0 unspecified atom stereocenters. The lowest BCUT2D eigenvalue weighted by Gasteiger charge is -2.30. The van der Waals surface area contributed by atoms with Gasteiger partial charge < -0.3 is 9.42 Å². The average Bonchev–Trinajstić information content (AvgIpc) is 2.80. The standard InChI is InChI=1S/C12H14N2O2/c1-8-7-11(13-16-8)12(15)14-9-3-2-4-10(14)6-5-9/h2-3,7,9-10H,4-6H2,1H3/t9-,10-/m0/s1. The van der Waals surface area contributed by atoms with E-state index in [1.807, 2.05) is 4.90 Å². The molecule has 2 atom stereocenters. The van der Waals surface area contributed by atoms with Crippen molar-refractivity contribution < 1.29 is 9.32 Å². The second-order valence-corrected chi connectivity index (χ2v) is 4.50. The van der Waals surface area contributed by atoms with Gasteiger partial charge >= 0.3 is 0 Å². The maximum Gasteiger partial charge on any atom is 0.276 e. The molecule has 3 rings (SSSR count). The molecule has 1 fully saturated rings. The van der Waals surface area contributed by atoms with E-state index < -0.39 is 0 Å². The van der Waals surface area contributed by atoms with Gasteiger partial charge in [0.15, 0.2) is 5.69 Å². The Balaban J connectivity index is 1.88. The van der Waals surface area contributed by atoms with E-state index in [1.165, 1.54) is 0 Å². The van der Waals surface area contributed by atoms with Crippen LogP contribution in [0.1, 0.15) is 35.5 Å². The van der Waals surface area contributed by atoms with Gasteiger partial charge in [-0.05, 0) is 26.2 Å². The molecule has 2 bridgehead atoms.